The lowest BCUT2D eigenvalue weighted by Gasteiger charge is -2.36. The van der Waals surface area contributed by atoms with Crippen molar-refractivity contribution in [3.63, 3.8) is 0 Å². The van der Waals surface area contributed by atoms with Gasteiger partial charge in [0, 0.05) is 6.04 Å². The van der Waals surface area contributed by atoms with Crippen molar-refractivity contribution < 1.29 is 9.47 Å². The Morgan fingerprint density at radius 2 is 2.00 bits per heavy atom. The highest BCUT2D eigenvalue weighted by atomic mass is 16.6. The molecule has 2 N–H and O–H groups in total. The third-order valence-electron chi connectivity index (χ3n) is 2.13. The average molecular weight is 187 g/mol. The van der Waals surface area contributed by atoms with Crippen LogP contribution in [0.1, 0.15) is 34.1 Å². The summed E-state index contributed by atoms with van der Waals surface area (Å²) in [6, 6.07) is 0.114. The van der Waals surface area contributed by atoms with Gasteiger partial charge in [-0.25, -0.2) is 0 Å². The van der Waals surface area contributed by atoms with Crippen molar-refractivity contribution in [2.24, 2.45) is 5.73 Å². The maximum Gasteiger partial charge on any atom is 0.0967 e. The Kier molecular flexibility index (Phi) is 3.33. The maximum atomic E-state index is 5.97. The van der Waals surface area contributed by atoms with Crippen LogP contribution in [0.15, 0.2) is 0 Å². The van der Waals surface area contributed by atoms with Crippen molar-refractivity contribution >= 4 is 0 Å². The predicted molar refractivity (Wildman–Crippen MR) is 52.6 cm³/mol. The van der Waals surface area contributed by atoms with Crippen LogP contribution in [0.5, 0.6) is 0 Å². The highest BCUT2D eigenvalue weighted by Crippen LogP contribution is 2.20. The second-order valence-electron chi connectivity index (χ2n) is 4.81. The molecular weight excluding hydrogens is 166 g/mol. The van der Waals surface area contributed by atoms with E-state index in [-0.39, 0.29) is 23.9 Å². The van der Waals surface area contributed by atoms with Crippen molar-refractivity contribution in [1.29, 1.82) is 0 Å². The maximum absolute atomic E-state index is 5.97. The fourth-order valence-corrected chi connectivity index (χ4v) is 1.56. The van der Waals surface area contributed by atoms with E-state index in [0.717, 1.165) is 6.42 Å². The Bertz CT molecular complexity index is 165. The third kappa shape index (κ3) is 3.63. The van der Waals surface area contributed by atoms with E-state index in [1.165, 1.54) is 0 Å². The minimum absolute atomic E-state index is 0.0520. The standard InChI is InChI=1S/C10H21NO2/c1-7-5-8(11)9(6-12-7)13-10(2,3)4/h7-9H,5-6,11H2,1-4H3/t7-,8-,9?/m0/s1. The van der Waals surface area contributed by atoms with Crippen LogP contribution >= 0.6 is 0 Å². The fraction of sp³-hybridized carbons (Fsp3) is 1.00. The van der Waals surface area contributed by atoms with Gasteiger partial charge in [-0.05, 0) is 34.1 Å². The molecule has 1 unspecified atom stereocenters. The number of rotatable bonds is 1. The second-order valence-corrected chi connectivity index (χ2v) is 4.81. The van der Waals surface area contributed by atoms with Crippen molar-refractivity contribution in [3.05, 3.63) is 0 Å². The van der Waals surface area contributed by atoms with Gasteiger partial charge in [0.05, 0.1) is 24.4 Å². The van der Waals surface area contributed by atoms with Crippen LogP contribution < -0.4 is 5.73 Å². The van der Waals surface area contributed by atoms with E-state index >= 15 is 0 Å². The molecule has 0 aromatic rings. The third-order valence-corrected chi connectivity index (χ3v) is 2.13. The summed E-state index contributed by atoms with van der Waals surface area (Å²) in [5.41, 5.74) is 5.84. The summed E-state index contributed by atoms with van der Waals surface area (Å²) in [5, 5.41) is 0. The van der Waals surface area contributed by atoms with Crippen molar-refractivity contribution in [1.82, 2.24) is 0 Å². The summed E-state index contributed by atoms with van der Waals surface area (Å²) < 4.78 is 11.3. The molecule has 3 heteroatoms. The fourth-order valence-electron chi connectivity index (χ4n) is 1.56. The SMILES string of the molecule is C[C@H]1C[C@H](N)C(OC(C)(C)C)CO1. The summed E-state index contributed by atoms with van der Waals surface area (Å²) in [4.78, 5) is 0. The number of ether oxygens (including phenoxy) is 2. The molecule has 1 rings (SSSR count). The zero-order valence-corrected chi connectivity index (χ0v) is 9.04. The van der Waals surface area contributed by atoms with E-state index in [4.69, 9.17) is 15.2 Å². The van der Waals surface area contributed by atoms with Crippen molar-refractivity contribution in [3.8, 4) is 0 Å². The molecule has 3 nitrogen and oxygen atoms in total. The largest absolute Gasteiger partial charge is 0.376 e. The summed E-state index contributed by atoms with van der Waals surface area (Å²) in [6.07, 6.45) is 1.21. The normalized spacial score (nSPS) is 36.2. The van der Waals surface area contributed by atoms with Gasteiger partial charge in [-0.1, -0.05) is 0 Å². The summed E-state index contributed by atoms with van der Waals surface area (Å²) >= 11 is 0. The lowest BCUT2D eigenvalue weighted by atomic mass is 10.0. The van der Waals surface area contributed by atoms with Gasteiger partial charge in [-0.15, -0.1) is 0 Å². The van der Waals surface area contributed by atoms with E-state index < -0.39 is 0 Å². The topological polar surface area (TPSA) is 44.5 Å². The quantitative estimate of drug-likeness (QED) is 0.673. The number of hydrogen-bond acceptors (Lipinski definition) is 3. The first-order chi connectivity index (χ1) is 5.88. The molecule has 1 aliphatic rings. The summed E-state index contributed by atoms with van der Waals surface area (Å²) in [6.45, 7) is 8.79. The lowest BCUT2D eigenvalue weighted by molar-refractivity contribution is -0.139. The van der Waals surface area contributed by atoms with E-state index in [2.05, 4.69) is 0 Å². The average Bonchev–Trinajstić information content (AvgIpc) is 1.93. The van der Waals surface area contributed by atoms with Crippen LogP contribution in [-0.4, -0.2) is 30.5 Å². The molecule has 0 radical (unpaired) electrons. The Morgan fingerprint density at radius 3 is 2.46 bits per heavy atom. The van der Waals surface area contributed by atoms with E-state index in [9.17, 15) is 0 Å². The van der Waals surface area contributed by atoms with E-state index in [1.54, 1.807) is 0 Å². The minimum atomic E-state index is -0.133. The second kappa shape index (κ2) is 3.95. The molecule has 1 saturated heterocycles. The molecular formula is C10H21NO2. The minimum Gasteiger partial charge on any atom is -0.376 e. The van der Waals surface area contributed by atoms with Crippen LogP contribution in [0.25, 0.3) is 0 Å². The van der Waals surface area contributed by atoms with Gasteiger partial charge in [0.1, 0.15) is 0 Å². The van der Waals surface area contributed by atoms with Gasteiger partial charge in [0.15, 0.2) is 0 Å². The zero-order chi connectivity index (χ0) is 10.1. The van der Waals surface area contributed by atoms with E-state index in [0.29, 0.717) is 6.61 Å². The Hall–Kier alpha value is -0.120. The lowest BCUT2D eigenvalue weighted by Crippen LogP contribution is -2.49. The molecule has 1 fully saturated rings. The molecule has 0 spiro atoms. The molecule has 0 aliphatic carbocycles. The smallest absolute Gasteiger partial charge is 0.0967 e. The molecule has 1 aliphatic heterocycles. The van der Waals surface area contributed by atoms with Crippen molar-refractivity contribution in [2.45, 2.75) is 58.0 Å². The molecule has 0 saturated carbocycles. The van der Waals surface area contributed by atoms with Crippen molar-refractivity contribution in [2.75, 3.05) is 6.61 Å². The Balaban J connectivity index is 2.43. The molecule has 0 amide bonds. The molecule has 0 aromatic heterocycles. The summed E-state index contributed by atoms with van der Waals surface area (Å²) in [7, 11) is 0. The van der Waals surface area contributed by atoms with Gasteiger partial charge < -0.3 is 15.2 Å². The molecule has 0 aromatic carbocycles. The Morgan fingerprint density at radius 1 is 1.38 bits per heavy atom. The van der Waals surface area contributed by atoms with Crippen LogP contribution in [0.3, 0.4) is 0 Å². The number of hydrogen-bond donors (Lipinski definition) is 1. The van der Waals surface area contributed by atoms with Gasteiger partial charge in [-0.2, -0.15) is 0 Å². The highest BCUT2D eigenvalue weighted by molar-refractivity contribution is 4.82. The molecule has 13 heavy (non-hydrogen) atoms. The van der Waals surface area contributed by atoms with Gasteiger partial charge in [-0.3, -0.25) is 0 Å². The molecule has 78 valence electrons. The van der Waals surface area contributed by atoms with Crippen LogP contribution in [0, 0.1) is 0 Å². The van der Waals surface area contributed by atoms with Gasteiger partial charge in [0.2, 0.25) is 0 Å². The highest BCUT2D eigenvalue weighted by Gasteiger charge is 2.30. The molecule has 3 atom stereocenters. The first-order valence-electron chi connectivity index (χ1n) is 4.93. The predicted octanol–water partition coefficient (Wildman–Crippen LogP) is 1.31. The van der Waals surface area contributed by atoms with Gasteiger partial charge in [0.25, 0.3) is 0 Å². The molecule has 0 bridgehead atoms. The monoisotopic (exact) mass is 187 g/mol. The van der Waals surface area contributed by atoms with E-state index in [1.807, 2.05) is 27.7 Å². The van der Waals surface area contributed by atoms with Crippen LogP contribution in [-0.2, 0) is 9.47 Å². The first kappa shape index (κ1) is 11.0. The van der Waals surface area contributed by atoms with Crippen LogP contribution in [0.2, 0.25) is 0 Å². The molecule has 1 heterocycles. The number of nitrogens with two attached hydrogens (primary N) is 1. The Labute approximate surface area is 80.6 Å². The summed E-state index contributed by atoms with van der Waals surface area (Å²) in [5.74, 6) is 0. The zero-order valence-electron chi connectivity index (χ0n) is 9.04. The van der Waals surface area contributed by atoms with Crippen LogP contribution in [0.4, 0.5) is 0 Å². The van der Waals surface area contributed by atoms with Gasteiger partial charge >= 0.3 is 0 Å². The first-order valence-corrected chi connectivity index (χ1v) is 4.93.